The van der Waals surface area contributed by atoms with E-state index in [-0.39, 0.29) is 5.56 Å². The van der Waals surface area contributed by atoms with E-state index in [0.29, 0.717) is 15.4 Å². The van der Waals surface area contributed by atoms with Crippen LogP contribution in [0.25, 0.3) is 21.3 Å². The van der Waals surface area contributed by atoms with Crippen LogP contribution in [0, 0.1) is 6.92 Å². The van der Waals surface area contributed by atoms with Crippen LogP contribution >= 0.6 is 23.1 Å². The maximum absolute atomic E-state index is 12.9. The molecule has 0 spiro atoms. The van der Waals surface area contributed by atoms with Crippen LogP contribution in [0.3, 0.4) is 0 Å². The largest absolute Gasteiger partial charge is 0.368 e. The van der Waals surface area contributed by atoms with Crippen molar-refractivity contribution in [3.05, 3.63) is 81.5 Å². The standard InChI is InChI=1S/C21H17N3O2S2/c1-12-15(13-8-4-2-5-9-13)16-19(26)23-21(24-20(16)27-12)28-17(18(22)25)14-10-6-3-7-11-14/h2-11,17H,1H3,(H2,22,25)(H,23,24,26)/t17-/m0/s1. The van der Waals surface area contributed by atoms with Crippen molar-refractivity contribution in [3.8, 4) is 11.1 Å². The van der Waals surface area contributed by atoms with Gasteiger partial charge in [-0.15, -0.1) is 11.3 Å². The normalized spacial score (nSPS) is 12.2. The van der Waals surface area contributed by atoms with Gasteiger partial charge in [0.2, 0.25) is 5.91 Å². The predicted molar refractivity (Wildman–Crippen MR) is 115 cm³/mol. The summed E-state index contributed by atoms with van der Waals surface area (Å²) in [7, 11) is 0. The summed E-state index contributed by atoms with van der Waals surface area (Å²) >= 11 is 2.63. The molecule has 0 bridgehead atoms. The fraction of sp³-hybridized carbons (Fsp3) is 0.0952. The molecule has 140 valence electrons. The highest BCUT2D eigenvalue weighted by Crippen LogP contribution is 2.38. The molecule has 0 fully saturated rings. The molecule has 4 rings (SSSR count). The van der Waals surface area contributed by atoms with Crippen LogP contribution in [0.4, 0.5) is 0 Å². The summed E-state index contributed by atoms with van der Waals surface area (Å²) in [5.41, 5.74) is 8.04. The molecule has 0 aliphatic rings. The Morgan fingerprint density at radius 1 is 1.11 bits per heavy atom. The summed E-state index contributed by atoms with van der Waals surface area (Å²) in [4.78, 5) is 34.0. The zero-order valence-electron chi connectivity index (χ0n) is 15.0. The Labute approximate surface area is 169 Å². The summed E-state index contributed by atoms with van der Waals surface area (Å²) in [5.74, 6) is -0.480. The highest BCUT2D eigenvalue weighted by molar-refractivity contribution is 8.00. The third kappa shape index (κ3) is 3.46. The number of H-pyrrole nitrogens is 1. The van der Waals surface area contributed by atoms with E-state index in [1.54, 1.807) is 0 Å². The van der Waals surface area contributed by atoms with E-state index < -0.39 is 11.2 Å². The number of amides is 1. The van der Waals surface area contributed by atoms with Crippen molar-refractivity contribution in [2.45, 2.75) is 17.3 Å². The molecule has 2 aromatic heterocycles. The number of aromatic amines is 1. The van der Waals surface area contributed by atoms with Crippen molar-refractivity contribution in [2.75, 3.05) is 0 Å². The van der Waals surface area contributed by atoms with Gasteiger partial charge in [-0.3, -0.25) is 9.59 Å². The molecule has 1 atom stereocenters. The third-order valence-electron chi connectivity index (χ3n) is 4.37. The number of nitrogens with zero attached hydrogens (tertiary/aromatic N) is 1. The highest BCUT2D eigenvalue weighted by Gasteiger charge is 2.22. The SMILES string of the molecule is Cc1sc2nc(S[C@H](C(N)=O)c3ccccc3)[nH]c(=O)c2c1-c1ccccc1. The molecular formula is C21H17N3O2S2. The van der Waals surface area contributed by atoms with Gasteiger partial charge in [-0.05, 0) is 18.1 Å². The summed E-state index contributed by atoms with van der Waals surface area (Å²) in [5, 5.41) is 0.329. The summed E-state index contributed by atoms with van der Waals surface area (Å²) in [6.07, 6.45) is 0. The monoisotopic (exact) mass is 407 g/mol. The molecule has 7 heteroatoms. The van der Waals surface area contributed by atoms with E-state index in [0.717, 1.165) is 33.3 Å². The van der Waals surface area contributed by atoms with Gasteiger partial charge in [0.25, 0.3) is 5.56 Å². The quantitative estimate of drug-likeness (QED) is 0.382. The maximum atomic E-state index is 12.9. The second-order valence-corrected chi connectivity index (χ2v) is 8.56. The number of nitrogens with two attached hydrogens (primary N) is 1. The first-order valence-corrected chi connectivity index (χ1v) is 10.3. The van der Waals surface area contributed by atoms with Crippen LogP contribution in [0.15, 0.2) is 70.6 Å². The highest BCUT2D eigenvalue weighted by atomic mass is 32.2. The molecule has 0 saturated carbocycles. The Balaban J connectivity index is 1.78. The Hall–Kier alpha value is -2.90. The number of thioether (sulfide) groups is 1. The minimum absolute atomic E-state index is 0.216. The molecule has 28 heavy (non-hydrogen) atoms. The first-order chi connectivity index (χ1) is 13.5. The minimum atomic E-state index is -0.628. The molecule has 2 heterocycles. The van der Waals surface area contributed by atoms with Gasteiger partial charge in [0.1, 0.15) is 10.1 Å². The first-order valence-electron chi connectivity index (χ1n) is 8.64. The van der Waals surface area contributed by atoms with Gasteiger partial charge in [0.15, 0.2) is 5.16 Å². The summed E-state index contributed by atoms with van der Waals surface area (Å²) in [6, 6.07) is 19.0. The Morgan fingerprint density at radius 2 is 1.75 bits per heavy atom. The van der Waals surface area contributed by atoms with Crippen LogP contribution in [0.2, 0.25) is 0 Å². The maximum Gasteiger partial charge on any atom is 0.260 e. The lowest BCUT2D eigenvalue weighted by molar-refractivity contribution is -0.117. The fourth-order valence-corrected chi connectivity index (χ4v) is 5.17. The Kier molecular flexibility index (Phi) is 5.02. The van der Waals surface area contributed by atoms with Gasteiger partial charge < -0.3 is 10.7 Å². The number of hydrogen-bond donors (Lipinski definition) is 2. The molecule has 4 aromatic rings. The molecule has 5 nitrogen and oxygen atoms in total. The molecule has 1 amide bonds. The van der Waals surface area contributed by atoms with Gasteiger partial charge in [0.05, 0.1) is 5.39 Å². The number of thiophene rings is 1. The molecule has 0 radical (unpaired) electrons. The van der Waals surface area contributed by atoms with Crippen molar-refractivity contribution in [3.63, 3.8) is 0 Å². The average molecular weight is 408 g/mol. The van der Waals surface area contributed by atoms with Crippen LogP contribution in [-0.4, -0.2) is 15.9 Å². The van der Waals surface area contributed by atoms with Crippen LogP contribution in [0.5, 0.6) is 0 Å². The molecule has 0 aliphatic carbocycles. The van der Waals surface area contributed by atoms with Crippen molar-refractivity contribution >= 4 is 39.2 Å². The van der Waals surface area contributed by atoms with Gasteiger partial charge in [-0.1, -0.05) is 72.4 Å². The number of carbonyl (C=O) groups excluding carboxylic acids is 1. The third-order valence-corrected chi connectivity index (χ3v) is 6.52. The number of nitrogens with one attached hydrogen (secondary N) is 1. The van der Waals surface area contributed by atoms with Crippen molar-refractivity contribution in [2.24, 2.45) is 5.73 Å². The van der Waals surface area contributed by atoms with E-state index in [4.69, 9.17) is 5.73 Å². The predicted octanol–water partition coefficient (Wildman–Crippen LogP) is 4.28. The van der Waals surface area contributed by atoms with Crippen molar-refractivity contribution < 1.29 is 4.79 Å². The number of carbonyl (C=O) groups is 1. The fourth-order valence-electron chi connectivity index (χ4n) is 3.14. The molecule has 0 unspecified atom stereocenters. The number of aryl methyl sites for hydroxylation is 1. The topological polar surface area (TPSA) is 88.8 Å². The summed E-state index contributed by atoms with van der Waals surface area (Å²) < 4.78 is 0. The number of primary amides is 1. The first kappa shape index (κ1) is 18.5. The molecule has 2 aromatic carbocycles. The zero-order valence-corrected chi connectivity index (χ0v) is 16.6. The van der Waals surface area contributed by atoms with Gasteiger partial charge in [-0.2, -0.15) is 0 Å². The van der Waals surface area contributed by atoms with Crippen LogP contribution < -0.4 is 11.3 Å². The van der Waals surface area contributed by atoms with Gasteiger partial charge >= 0.3 is 0 Å². The number of hydrogen-bond acceptors (Lipinski definition) is 5. The molecule has 0 saturated heterocycles. The van der Waals surface area contributed by atoms with Crippen LogP contribution in [-0.2, 0) is 4.79 Å². The Morgan fingerprint density at radius 3 is 2.39 bits per heavy atom. The number of benzene rings is 2. The minimum Gasteiger partial charge on any atom is -0.368 e. The number of rotatable bonds is 5. The lowest BCUT2D eigenvalue weighted by Crippen LogP contribution is -2.20. The number of fused-ring (bicyclic) bond motifs is 1. The second kappa shape index (κ2) is 7.61. The lowest BCUT2D eigenvalue weighted by Gasteiger charge is -2.12. The molecule has 0 aliphatic heterocycles. The van der Waals surface area contributed by atoms with Crippen LogP contribution in [0.1, 0.15) is 15.7 Å². The van der Waals surface area contributed by atoms with E-state index in [9.17, 15) is 9.59 Å². The molecular weight excluding hydrogens is 390 g/mol. The Bertz CT molecular complexity index is 1200. The van der Waals surface area contributed by atoms with E-state index in [1.165, 1.54) is 11.3 Å². The van der Waals surface area contributed by atoms with E-state index in [2.05, 4.69) is 9.97 Å². The zero-order chi connectivity index (χ0) is 19.7. The average Bonchev–Trinajstić information content (AvgIpc) is 3.03. The van der Waals surface area contributed by atoms with E-state index >= 15 is 0 Å². The smallest absolute Gasteiger partial charge is 0.260 e. The molecule has 3 N–H and O–H groups in total. The van der Waals surface area contributed by atoms with Crippen molar-refractivity contribution in [1.29, 1.82) is 0 Å². The van der Waals surface area contributed by atoms with E-state index in [1.807, 2.05) is 67.6 Å². The van der Waals surface area contributed by atoms with Gasteiger partial charge in [-0.25, -0.2) is 4.98 Å². The summed E-state index contributed by atoms with van der Waals surface area (Å²) in [6.45, 7) is 1.98. The lowest BCUT2D eigenvalue weighted by atomic mass is 10.0. The second-order valence-electron chi connectivity index (χ2n) is 6.26. The van der Waals surface area contributed by atoms with Gasteiger partial charge in [0, 0.05) is 10.4 Å². The number of aromatic nitrogens is 2. The van der Waals surface area contributed by atoms with Crippen molar-refractivity contribution in [1.82, 2.24) is 9.97 Å².